The lowest BCUT2D eigenvalue weighted by Crippen LogP contribution is -2.20. The van der Waals surface area contributed by atoms with Gasteiger partial charge in [0.05, 0.1) is 13.7 Å². The van der Waals surface area contributed by atoms with E-state index in [1.807, 2.05) is 54.6 Å². The van der Waals surface area contributed by atoms with Gasteiger partial charge in [0.2, 0.25) is 5.88 Å². The molecule has 0 saturated heterocycles. The van der Waals surface area contributed by atoms with Gasteiger partial charge in [0.25, 0.3) is 0 Å². The largest absolute Gasteiger partial charge is 0.493 e. The summed E-state index contributed by atoms with van der Waals surface area (Å²) in [6.45, 7) is 2.64. The third kappa shape index (κ3) is 6.28. The molecule has 0 aliphatic heterocycles. The maximum absolute atomic E-state index is 5.91. The van der Waals surface area contributed by atoms with E-state index in [9.17, 15) is 0 Å². The third-order valence-electron chi connectivity index (χ3n) is 4.21. The summed E-state index contributed by atoms with van der Waals surface area (Å²) < 4.78 is 17.0. The number of methoxy groups -OCH3 is 1. The maximum Gasteiger partial charge on any atom is 0.213 e. The first-order valence-electron chi connectivity index (χ1n) is 9.43. The SMILES string of the molecule is COc1cc(CNCCOc2ccccn2)ccc1OCCc1ccccc1. The molecule has 0 spiro atoms. The molecule has 1 N–H and O–H groups in total. The minimum absolute atomic E-state index is 0.564. The van der Waals surface area contributed by atoms with Crippen molar-refractivity contribution in [2.45, 2.75) is 13.0 Å². The minimum atomic E-state index is 0.564. The van der Waals surface area contributed by atoms with Gasteiger partial charge in [-0.2, -0.15) is 0 Å². The van der Waals surface area contributed by atoms with E-state index in [1.165, 1.54) is 5.56 Å². The Morgan fingerprint density at radius 1 is 0.821 bits per heavy atom. The van der Waals surface area contributed by atoms with Crippen LogP contribution in [-0.2, 0) is 13.0 Å². The Morgan fingerprint density at radius 3 is 2.46 bits per heavy atom. The summed E-state index contributed by atoms with van der Waals surface area (Å²) in [4.78, 5) is 4.13. The molecule has 5 nitrogen and oxygen atoms in total. The predicted molar refractivity (Wildman–Crippen MR) is 110 cm³/mol. The highest BCUT2D eigenvalue weighted by Crippen LogP contribution is 2.28. The number of nitrogens with one attached hydrogen (secondary N) is 1. The number of benzene rings is 2. The van der Waals surface area contributed by atoms with Gasteiger partial charge in [0, 0.05) is 31.8 Å². The molecule has 2 aromatic carbocycles. The lowest BCUT2D eigenvalue weighted by atomic mass is 10.1. The Kier molecular flexibility index (Phi) is 7.70. The van der Waals surface area contributed by atoms with E-state index >= 15 is 0 Å². The third-order valence-corrected chi connectivity index (χ3v) is 4.21. The first kappa shape index (κ1) is 19.7. The number of rotatable bonds is 11. The van der Waals surface area contributed by atoms with E-state index in [2.05, 4.69) is 22.4 Å². The van der Waals surface area contributed by atoms with Crippen LogP contribution in [0.15, 0.2) is 72.9 Å². The standard InChI is InChI=1S/C23H26N2O3/c1-26-22-17-20(18-24-14-16-28-23-9-5-6-13-25-23)10-11-21(22)27-15-12-19-7-3-2-4-8-19/h2-11,13,17,24H,12,14-16,18H2,1H3. The molecule has 0 radical (unpaired) electrons. The number of ether oxygens (including phenoxy) is 3. The van der Waals surface area contributed by atoms with Crippen molar-refractivity contribution in [2.75, 3.05) is 26.9 Å². The van der Waals surface area contributed by atoms with Crippen LogP contribution in [0.5, 0.6) is 17.4 Å². The first-order valence-corrected chi connectivity index (χ1v) is 9.43. The molecule has 0 saturated carbocycles. The van der Waals surface area contributed by atoms with Gasteiger partial charge in [-0.3, -0.25) is 0 Å². The van der Waals surface area contributed by atoms with Crippen LogP contribution in [0.25, 0.3) is 0 Å². The second-order valence-electron chi connectivity index (χ2n) is 6.26. The highest BCUT2D eigenvalue weighted by atomic mass is 16.5. The van der Waals surface area contributed by atoms with E-state index in [0.717, 1.165) is 36.6 Å². The van der Waals surface area contributed by atoms with Crippen LogP contribution in [0.2, 0.25) is 0 Å². The van der Waals surface area contributed by atoms with Crippen LogP contribution in [0.4, 0.5) is 0 Å². The van der Waals surface area contributed by atoms with Gasteiger partial charge >= 0.3 is 0 Å². The molecular formula is C23H26N2O3. The lowest BCUT2D eigenvalue weighted by Gasteiger charge is -2.13. The zero-order chi connectivity index (χ0) is 19.4. The summed E-state index contributed by atoms with van der Waals surface area (Å²) in [5.41, 5.74) is 2.39. The highest BCUT2D eigenvalue weighted by molar-refractivity contribution is 5.43. The van der Waals surface area contributed by atoms with Gasteiger partial charge in [-0.15, -0.1) is 0 Å². The zero-order valence-corrected chi connectivity index (χ0v) is 16.1. The number of aromatic nitrogens is 1. The zero-order valence-electron chi connectivity index (χ0n) is 16.1. The number of nitrogens with zero attached hydrogens (tertiary/aromatic N) is 1. The quantitative estimate of drug-likeness (QED) is 0.513. The van der Waals surface area contributed by atoms with Crippen molar-refractivity contribution in [3.8, 4) is 17.4 Å². The number of pyridine rings is 1. The summed E-state index contributed by atoms with van der Waals surface area (Å²) in [5, 5.41) is 3.36. The van der Waals surface area contributed by atoms with E-state index < -0.39 is 0 Å². The fraction of sp³-hybridized carbons (Fsp3) is 0.261. The second kappa shape index (κ2) is 10.9. The lowest BCUT2D eigenvalue weighted by molar-refractivity contribution is 0.296. The summed E-state index contributed by atoms with van der Waals surface area (Å²) in [7, 11) is 1.66. The summed E-state index contributed by atoms with van der Waals surface area (Å²) >= 11 is 0. The molecule has 1 heterocycles. The van der Waals surface area contributed by atoms with Gasteiger partial charge in [0.1, 0.15) is 6.61 Å². The highest BCUT2D eigenvalue weighted by Gasteiger charge is 2.06. The Morgan fingerprint density at radius 2 is 1.68 bits per heavy atom. The van der Waals surface area contributed by atoms with Crippen molar-refractivity contribution in [1.29, 1.82) is 0 Å². The normalized spacial score (nSPS) is 10.5. The van der Waals surface area contributed by atoms with E-state index in [-0.39, 0.29) is 0 Å². The van der Waals surface area contributed by atoms with Crippen LogP contribution in [0.3, 0.4) is 0 Å². The van der Waals surface area contributed by atoms with Crippen molar-refractivity contribution >= 4 is 0 Å². The molecule has 0 bridgehead atoms. The van der Waals surface area contributed by atoms with Gasteiger partial charge < -0.3 is 19.5 Å². The molecule has 3 aromatic rings. The van der Waals surface area contributed by atoms with E-state index in [4.69, 9.17) is 14.2 Å². The molecule has 0 atom stereocenters. The smallest absolute Gasteiger partial charge is 0.213 e. The van der Waals surface area contributed by atoms with Gasteiger partial charge in [-0.1, -0.05) is 42.5 Å². The number of hydrogen-bond acceptors (Lipinski definition) is 5. The molecule has 0 aliphatic rings. The second-order valence-corrected chi connectivity index (χ2v) is 6.26. The Hall–Kier alpha value is -3.05. The summed E-state index contributed by atoms with van der Waals surface area (Å²) in [6, 6.07) is 22.0. The van der Waals surface area contributed by atoms with Crippen LogP contribution >= 0.6 is 0 Å². The van der Waals surface area contributed by atoms with Crippen molar-refractivity contribution < 1.29 is 14.2 Å². The fourth-order valence-electron chi connectivity index (χ4n) is 2.76. The monoisotopic (exact) mass is 378 g/mol. The van der Waals surface area contributed by atoms with Gasteiger partial charge in [-0.05, 0) is 29.3 Å². The van der Waals surface area contributed by atoms with Crippen molar-refractivity contribution in [1.82, 2.24) is 10.3 Å². The topological polar surface area (TPSA) is 52.6 Å². The molecule has 0 fully saturated rings. The summed E-state index contributed by atoms with van der Waals surface area (Å²) in [6.07, 6.45) is 2.59. The minimum Gasteiger partial charge on any atom is -0.493 e. The average molecular weight is 378 g/mol. The van der Waals surface area contributed by atoms with E-state index in [0.29, 0.717) is 19.1 Å². The molecule has 0 aliphatic carbocycles. The summed E-state index contributed by atoms with van der Waals surface area (Å²) in [5.74, 6) is 2.15. The van der Waals surface area contributed by atoms with Crippen LogP contribution in [0.1, 0.15) is 11.1 Å². The fourth-order valence-corrected chi connectivity index (χ4v) is 2.76. The average Bonchev–Trinajstić information content (AvgIpc) is 2.75. The molecule has 0 amide bonds. The Labute approximate surface area is 166 Å². The molecule has 0 unspecified atom stereocenters. The molecule has 5 heteroatoms. The first-order chi connectivity index (χ1) is 13.8. The molecular weight excluding hydrogens is 352 g/mol. The van der Waals surface area contributed by atoms with Crippen molar-refractivity contribution in [2.24, 2.45) is 0 Å². The molecule has 3 rings (SSSR count). The van der Waals surface area contributed by atoms with Gasteiger partial charge in [0.15, 0.2) is 11.5 Å². The molecule has 1 aromatic heterocycles. The molecule has 28 heavy (non-hydrogen) atoms. The van der Waals surface area contributed by atoms with E-state index in [1.54, 1.807) is 13.3 Å². The van der Waals surface area contributed by atoms with Crippen molar-refractivity contribution in [3.05, 3.63) is 84.1 Å². The number of hydrogen-bond donors (Lipinski definition) is 1. The van der Waals surface area contributed by atoms with Crippen LogP contribution in [0, 0.1) is 0 Å². The Balaban J connectivity index is 1.42. The van der Waals surface area contributed by atoms with Crippen molar-refractivity contribution in [3.63, 3.8) is 0 Å². The van der Waals surface area contributed by atoms with Crippen LogP contribution in [-0.4, -0.2) is 31.9 Å². The Bertz CT molecular complexity index is 826. The predicted octanol–water partition coefficient (Wildman–Crippen LogP) is 3.88. The van der Waals surface area contributed by atoms with Crippen LogP contribution < -0.4 is 19.5 Å². The molecule has 146 valence electrons. The van der Waals surface area contributed by atoms with Gasteiger partial charge in [-0.25, -0.2) is 4.98 Å². The maximum atomic E-state index is 5.91.